The highest BCUT2D eigenvalue weighted by Crippen LogP contribution is 2.36. The van der Waals surface area contributed by atoms with Crippen LogP contribution in [0.25, 0.3) is 0 Å². The van der Waals surface area contributed by atoms with Gasteiger partial charge >= 0.3 is 0 Å². The summed E-state index contributed by atoms with van der Waals surface area (Å²) >= 11 is 0. The van der Waals surface area contributed by atoms with E-state index in [1.807, 2.05) is 33.8 Å². The Morgan fingerprint density at radius 2 is 1.95 bits per heavy atom. The van der Waals surface area contributed by atoms with E-state index in [0.717, 1.165) is 30.4 Å². The Morgan fingerprint density at radius 3 is 2.55 bits per heavy atom. The van der Waals surface area contributed by atoms with Crippen LogP contribution < -0.4 is 5.73 Å². The summed E-state index contributed by atoms with van der Waals surface area (Å²) in [6.45, 7) is 7.77. The monoisotopic (exact) mass is 296 g/mol. The first kappa shape index (κ1) is 15.3. The number of nitrogens with zero attached hydrogens (tertiary/aromatic N) is 1. The van der Waals surface area contributed by atoms with Crippen molar-refractivity contribution in [3.8, 4) is 0 Å². The summed E-state index contributed by atoms with van der Waals surface area (Å²) in [5, 5.41) is 0. The summed E-state index contributed by atoms with van der Waals surface area (Å²) in [7, 11) is -3.52. The fourth-order valence-corrected chi connectivity index (χ4v) is 5.47. The SMILES string of the molecule is CCC1CCC(C)N1S(=O)(=O)c1c(N)ccc(C)c1C. The lowest BCUT2D eigenvalue weighted by molar-refractivity contribution is 0.328. The van der Waals surface area contributed by atoms with Gasteiger partial charge < -0.3 is 5.73 Å². The van der Waals surface area contributed by atoms with E-state index >= 15 is 0 Å². The van der Waals surface area contributed by atoms with Crippen LogP contribution in [-0.2, 0) is 10.0 Å². The second kappa shape index (κ2) is 5.37. The normalized spacial score (nSPS) is 24.2. The Kier molecular flexibility index (Phi) is 4.12. The van der Waals surface area contributed by atoms with Gasteiger partial charge in [0.05, 0.1) is 5.69 Å². The maximum Gasteiger partial charge on any atom is 0.245 e. The molecule has 4 nitrogen and oxygen atoms in total. The predicted octanol–water partition coefficient (Wildman–Crippen LogP) is 2.84. The largest absolute Gasteiger partial charge is 0.398 e. The molecule has 1 aromatic rings. The van der Waals surface area contributed by atoms with Crippen molar-refractivity contribution < 1.29 is 8.42 Å². The minimum absolute atomic E-state index is 0.0456. The van der Waals surface area contributed by atoms with Crippen molar-refractivity contribution >= 4 is 15.7 Å². The molecule has 0 radical (unpaired) electrons. The van der Waals surface area contributed by atoms with Crippen LogP contribution >= 0.6 is 0 Å². The average molecular weight is 296 g/mol. The van der Waals surface area contributed by atoms with E-state index < -0.39 is 10.0 Å². The predicted molar refractivity (Wildman–Crippen MR) is 82.1 cm³/mol. The standard InChI is InChI=1S/C15H24N2O2S/c1-5-13-8-7-11(3)17(13)20(18,19)15-12(4)10(2)6-9-14(15)16/h6,9,11,13H,5,7-8,16H2,1-4H3. The average Bonchev–Trinajstić information content (AvgIpc) is 2.76. The van der Waals surface area contributed by atoms with Crippen LogP contribution in [0.15, 0.2) is 17.0 Å². The molecule has 0 spiro atoms. The van der Waals surface area contributed by atoms with Gasteiger partial charge in [0.15, 0.2) is 0 Å². The Balaban J connectivity index is 2.59. The molecule has 1 aliphatic rings. The van der Waals surface area contributed by atoms with Gasteiger partial charge in [-0.2, -0.15) is 4.31 Å². The lowest BCUT2D eigenvalue weighted by Crippen LogP contribution is -2.40. The highest BCUT2D eigenvalue weighted by molar-refractivity contribution is 7.89. The van der Waals surface area contributed by atoms with Gasteiger partial charge in [-0.05, 0) is 57.2 Å². The Hall–Kier alpha value is -1.07. The number of hydrogen-bond acceptors (Lipinski definition) is 3. The van der Waals surface area contributed by atoms with Crippen LogP contribution in [0, 0.1) is 13.8 Å². The molecule has 0 amide bonds. The van der Waals surface area contributed by atoms with Gasteiger partial charge in [0.2, 0.25) is 10.0 Å². The van der Waals surface area contributed by atoms with E-state index in [0.29, 0.717) is 10.6 Å². The molecule has 1 aromatic carbocycles. The molecule has 2 rings (SSSR count). The fraction of sp³-hybridized carbons (Fsp3) is 0.600. The zero-order valence-electron chi connectivity index (χ0n) is 12.7. The molecule has 112 valence electrons. The van der Waals surface area contributed by atoms with Crippen molar-refractivity contribution in [2.24, 2.45) is 0 Å². The first-order valence-corrected chi connectivity index (χ1v) is 8.64. The number of hydrogen-bond donors (Lipinski definition) is 1. The van der Waals surface area contributed by atoms with E-state index in [1.54, 1.807) is 10.4 Å². The topological polar surface area (TPSA) is 63.4 Å². The summed E-state index contributed by atoms with van der Waals surface area (Å²) in [5.74, 6) is 0. The number of rotatable bonds is 3. The first-order chi connectivity index (χ1) is 9.30. The molecule has 1 aliphatic heterocycles. The second-order valence-corrected chi connectivity index (χ2v) is 7.53. The van der Waals surface area contributed by atoms with E-state index in [2.05, 4.69) is 0 Å². The third-order valence-electron chi connectivity index (χ3n) is 4.43. The zero-order valence-corrected chi connectivity index (χ0v) is 13.5. The summed E-state index contributed by atoms with van der Waals surface area (Å²) in [4.78, 5) is 0.296. The molecule has 20 heavy (non-hydrogen) atoms. The number of nitrogen functional groups attached to an aromatic ring is 1. The first-order valence-electron chi connectivity index (χ1n) is 7.19. The molecule has 1 saturated heterocycles. The highest BCUT2D eigenvalue weighted by atomic mass is 32.2. The van der Waals surface area contributed by atoms with E-state index in [4.69, 9.17) is 5.73 Å². The molecule has 0 aromatic heterocycles. The summed E-state index contributed by atoms with van der Waals surface area (Å²) < 4.78 is 27.8. The Bertz CT molecular complexity index is 611. The molecule has 5 heteroatoms. The summed E-state index contributed by atoms with van der Waals surface area (Å²) in [6.07, 6.45) is 2.69. The molecule has 2 unspecified atom stereocenters. The maximum atomic E-state index is 13.1. The van der Waals surface area contributed by atoms with Gasteiger partial charge in [0, 0.05) is 12.1 Å². The summed E-state index contributed by atoms with van der Waals surface area (Å²) in [5.41, 5.74) is 8.04. The minimum Gasteiger partial charge on any atom is -0.398 e. The van der Waals surface area contributed by atoms with Crippen molar-refractivity contribution in [2.75, 3.05) is 5.73 Å². The molecule has 1 heterocycles. The number of nitrogens with two attached hydrogens (primary N) is 1. The fourth-order valence-electron chi connectivity index (χ4n) is 3.12. The van der Waals surface area contributed by atoms with Crippen LogP contribution in [0.4, 0.5) is 5.69 Å². The van der Waals surface area contributed by atoms with Crippen LogP contribution in [0.5, 0.6) is 0 Å². The Labute approximate surface area is 122 Å². The van der Waals surface area contributed by atoms with Crippen molar-refractivity contribution in [2.45, 2.75) is 63.9 Å². The van der Waals surface area contributed by atoms with Crippen molar-refractivity contribution in [1.29, 1.82) is 0 Å². The zero-order chi connectivity index (χ0) is 15.1. The lowest BCUT2D eigenvalue weighted by Gasteiger charge is -2.28. The molecule has 2 atom stereocenters. The molecule has 2 N–H and O–H groups in total. The van der Waals surface area contributed by atoms with Gasteiger partial charge in [-0.15, -0.1) is 0 Å². The maximum absolute atomic E-state index is 13.1. The van der Waals surface area contributed by atoms with Crippen molar-refractivity contribution in [3.05, 3.63) is 23.3 Å². The van der Waals surface area contributed by atoms with E-state index in [9.17, 15) is 8.42 Å². The molecular formula is C15H24N2O2S. The van der Waals surface area contributed by atoms with Crippen LogP contribution in [0.2, 0.25) is 0 Å². The number of anilines is 1. The third kappa shape index (κ3) is 2.33. The smallest absolute Gasteiger partial charge is 0.245 e. The number of aryl methyl sites for hydroxylation is 1. The number of benzene rings is 1. The van der Waals surface area contributed by atoms with Gasteiger partial charge in [0.25, 0.3) is 0 Å². The van der Waals surface area contributed by atoms with E-state index in [-0.39, 0.29) is 12.1 Å². The highest BCUT2D eigenvalue weighted by Gasteiger charge is 2.40. The van der Waals surface area contributed by atoms with Crippen LogP contribution in [0.3, 0.4) is 0 Å². The molecule has 0 aliphatic carbocycles. The van der Waals surface area contributed by atoms with Crippen molar-refractivity contribution in [3.63, 3.8) is 0 Å². The van der Waals surface area contributed by atoms with Gasteiger partial charge in [-0.3, -0.25) is 0 Å². The van der Waals surface area contributed by atoms with Gasteiger partial charge in [-0.25, -0.2) is 8.42 Å². The second-order valence-electron chi connectivity index (χ2n) is 5.75. The number of sulfonamides is 1. The Morgan fingerprint density at radius 1 is 1.30 bits per heavy atom. The van der Waals surface area contributed by atoms with Crippen LogP contribution in [-0.4, -0.2) is 24.8 Å². The third-order valence-corrected chi connectivity index (χ3v) is 6.70. The minimum atomic E-state index is -3.52. The molecule has 0 saturated carbocycles. The van der Waals surface area contributed by atoms with Gasteiger partial charge in [0.1, 0.15) is 4.90 Å². The summed E-state index contributed by atoms with van der Waals surface area (Å²) in [6, 6.07) is 3.70. The van der Waals surface area contributed by atoms with E-state index in [1.165, 1.54) is 0 Å². The molecular weight excluding hydrogens is 272 g/mol. The van der Waals surface area contributed by atoms with Crippen LogP contribution in [0.1, 0.15) is 44.2 Å². The quantitative estimate of drug-likeness (QED) is 0.872. The molecule has 1 fully saturated rings. The molecule has 0 bridgehead atoms. The lowest BCUT2D eigenvalue weighted by atomic mass is 10.1. The van der Waals surface area contributed by atoms with Gasteiger partial charge in [-0.1, -0.05) is 13.0 Å². The van der Waals surface area contributed by atoms with Crippen molar-refractivity contribution in [1.82, 2.24) is 4.31 Å².